The van der Waals surface area contributed by atoms with Crippen LogP contribution in [0.5, 0.6) is 0 Å². The van der Waals surface area contributed by atoms with Crippen LogP contribution >= 0.6 is 0 Å². The molecule has 0 heterocycles. The van der Waals surface area contributed by atoms with Gasteiger partial charge in [0.15, 0.2) is 0 Å². The van der Waals surface area contributed by atoms with Crippen molar-refractivity contribution >= 4 is 0 Å². The van der Waals surface area contributed by atoms with Gasteiger partial charge in [-0.1, -0.05) is 11.6 Å². The van der Waals surface area contributed by atoms with Crippen LogP contribution in [-0.4, -0.2) is 21.4 Å². The molecule has 2 N–H and O–H groups in total. The van der Waals surface area contributed by atoms with Crippen molar-refractivity contribution in [2.24, 2.45) is 5.92 Å². The first-order chi connectivity index (χ1) is 6.25. The molecule has 82 valence electrons. The fourth-order valence-corrected chi connectivity index (χ4v) is 1.98. The Morgan fingerprint density at radius 3 is 2.21 bits per heavy atom. The van der Waals surface area contributed by atoms with E-state index in [0.717, 1.165) is 19.3 Å². The van der Waals surface area contributed by atoms with Gasteiger partial charge in [-0.15, -0.1) is 0 Å². The minimum atomic E-state index is -1.03. The highest BCUT2D eigenvalue weighted by Crippen LogP contribution is 2.37. The van der Waals surface area contributed by atoms with Crippen molar-refractivity contribution in [3.8, 4) is 0 Å². The second-order valence-electron chi connectivity index (χ2n) is 5.23. The second kappa shape index (κ2) is 3.67. The van der Waals surface area contributed by atoms with Crippen LogP contribution in [0.4, 0.5) is 0 Å². The van der Waals surface area contributed by atoms with Gasteiger partial charge < -0.3 is 10.2 Å². The van der Waals surface area contributed by atoms with E-state index >= 15 is 0 Å². The Hall–Kier alpha value is -0.340. The standard InChI is InChI=1S/C12H22O2/c1-9-5-7-10(8-6-9)12(4,14)11(2,3)13/h5,10,13-14H,6-8H2,1-4H3/t10-,12?/m1/s1. The molecular weight excluding hydrogens is 176 g/mol. The Kier molecular flexibility index (Phi) is 3.07. The van der Waals surface area contributed by atoms with Gasteiger partial charge in [0.25, 0.3) is 0 Å². The lowest BCUT2D eigenvalue weighted by Crippen LogP contribution is -2.53. The van der Waals surface area contributed by atoms with Crippen molar-refractivity contribution in [2.45, 2.75) is 58.2 Å². The Morgan fingerprint density at radius 2 is 1.86 bits per heavy atom. The maximum Gasteiger partial charge on any atom is 0.0930 e. The molecule has 1 unspecified atom stereocenters. The molecule has 2 atom stereocenters. The number of allylic oxidation sites excluding steroid dienone is 2. The van der Waals surface area contributed by atoms with Gasteiger partial charge in [-0.2, -0.15) is 0 Å². The van der Waals surface area contributed by atoms with Crippen molar-refractivity contribution in [3.05, 3.63) is 11.6 Å². The summed E-state index contributed by atoms with van der Waals surface area (Å²) in [5.41, 5.74) is -0.631. The van der Waals surface area contributed by atoms with Gasteiger partial charge in [0.2, 0.25) is 0 Å². The van der Waals surface area contributed by atoms with Crippen LogP contribution in [0.25, 0.3) is 0 Å². The number of rotatable bonds is 2. The van der Waals surface area contributed by atoms with E-state index in [0.29, 0.717) is 0 Å². The van der Waals surface area contributed by atoms with Gasteiger partial charge in [-0.3, -0.25) is 0 Å². The summed E-state index contributed by atoms with van der Waals surface area (Å²) in [5, 5.41) is 20.2. The normalized spacial score (nSPS) is 28.1. The predicted octanol–water partition coefficient (Wildman–Crippen LogP) is 2.25. The smallest absolute Gasteiger partial charge is 0.0930 e. The highest BCUT2D eigenvalue weighted by Gasteiger charge is 2.44. The zero-order valence-electron chi connectivity index (χ0n) is 9.67. The zero-order chi connectivity index (χ0) is 11.0. The molecule has 0 aliphatic heterocycles. The lowest BCUT2D eigenvalue weighted by atomic mass is 9.71. The molecule has 0 aromatic rings. The van der Waals surface area contributed by atoms with Crippen LogP contribution in [-0.2, 0) is 0 Å². The third kappa shape index (κ3) is 2.18. The molecule has 2 heteroatoms. The van der Waals surface area contributed by atoms with Gasteiger partial charge in [-0.05, 0) is 52.9 Å². The van der Waals surface area contributed by atoms with Crippen LogP contribution in [0, 0.1) is 5.92 Å². The summed E-state index contributed by atoms with van der Waals surface area (Å²) in [6.07, 6.45) is 5.06. The van der Waals surface area contributed by atoms with E-state index in [1.807, 2.05) is 0 Å². The Morgan fingerprint density at radius 1 is 1.29 bits per heavy atom. The van der Waals surface area contributed by atoms with Crippen molar-refractivity contribution in [1.29, 1.82) is 0 Å². The minimum absolute atomic E-state index is 0.172. The molecule has 0 radical (unpaired) electrons. The van der Waals surface area contributed by atoms with Crippen molar-refractivity contribution < 1.29 is 10.2 Å². The second-order valence-corrected chi connectivity index (χ2v) is 5.23. The molecule has 0 saturated carbocycles. The summed E-state index contributed by atoms with van der Waals surface area (Å²) < 4.78 is 0. The van der Waals surface area contributed by atoms with E-state index in [1.165, 1.54) is 5.57 Å². The Balaban J connectivity index is 2.75. The third-order valence-corrected chi connectivity index (χ3v) is 3.67. The molecule has 1 rings (SSSR count). The Bertz CT molecular complexity index is 233. The fraction of sp³-hybridized carbons (Fsp3) is 0.833. The predicted molar refractivity (Wildman–Crippen MR) is 58.0 cm³/mol. The van der Waals surface area contributed by atoms with Gasteiger partial charge in [0.1, 0.15) is 0 Å². The monoisotopic (exact) mass is 198 g/mol. The minimum Gasteiger partial charge on any atom is -0.387 e. The summed E-state index contributed by atoms with van der Waals surface area (Å²) in [4.78, 5) is 0. The molecule has 0 spiro atoms. The first kappa shape index (κ1) is 11.7. The van der Waals surface area contributed by atoms with Crippen molar-refractivity contribution in [3.63, 3.8) is 0 Å². The number of hydrogen-bond donors (Lipinski definition) is 2. The quantitative estimate of drug-likeness (QED) is 0.668. The summed E-state index contributed by atoms with van der Waals surface area (Å²) in [6, 6.07) is 0. The van der Waals surface area contributed by atoms with E-state index in [2.05, 4.69) is 13.0 Å². The fourth-order valence-electron chi connectivity index (χ4n) is 1.98. The maximum absolute atomic E-state index is 10.3. The molecule has 0 saturated heterocycles. The molecule has 2 nitrogen and oxygen atoms in total. The summed E-state index contributed by atoms with van der Waals surface area (Å²) in [5.74, 6) is 0.172. The lowest BCUT2D eigenvalue weighted by molar-refractivity contribution is -0.153. The topological polar surface area (TPSA) is 40.5 Å². The van der Waals surface area contributed by atoms with Crippen molar-refractivity contribution in [1.82, 2.24) is 0 Å². The number of aliphatic hydroxyl groups is 2. The van der Waals surface area contributed by atoms with Crippen LogP contribution in [0.3, 0.4) is 0 Å². The summed E-state index contributed by atoms with van der Waals surface area (Å²) in [7, 11) is 0. The summed E-state index contributed by atoms with van der Waals surface area (Å²) >= 11 is 0. The summed E-state index contributed by atoms with van der Waals surface area (Å²) in [6.45, 7) is 7.22. The van der Waals surface area contributed by atoms with E-state index in [4.69, 9.17) is 0 Å². The SMILES string of the molecule is CC1=CC[C@@H](C(C)(O)C(C)(C)O)CC1. The van der Waals surface area contributed by atoms with Crippen LogP contribution in [0.15, 0.2) is 11.6 Å². The first-order valence-electron chi connectivity index (χ1n) is 5.35. The molecule has 1 aliphatic rings. The van der Waals surface area contributed by atoms with E-state index < -0.39 is 11.2 Å². The van der Waals surface area contributed by atoms with Crippen LogP contribution in [0.1, 0.15) is 47.0 Å². The van der Waals surface area contributed by atoms with Gasteiger partial charge in [0.05, 0.1) is 11.2 Å². The van der Waals surface area contributed by atoms with Crippen molar-refractivity contribution in [2.75, 3.05) is 0 Å². The molecule has 14 heavy (non-hydrogen) atoms. The average Bonchev–Trinajstić information content (AvgIpc) is 2.03. The Labute approximate surface area is 86.6 Å². The van der Waals surface area contributed by atoms with E-state index in [-0.39, 0.29) is 5.92 Å². The molecular formula is C12H22O2. The molecule has 1 aliphatic carbocycles. The largest absolute Gasteiger partial charge is 0.387 e. The first-order valence-corrected chi connectivity index (χ1v) is 5.35. The van der Waals surface area contributed by atoms with Crippen LogP contribution in [0.2, 0.25) is 0 Å². The zero-order valence-corrected chi connectivity index (χ0v) is 9.67. The lowest BCUT2D eigenvalue weighted by Gasteiger charge is -2.43. The van der Waals surface area contributed by atoms with Gasteiger partial charge in [0, 0.05) is 0 Å². The molecule has 0 fully saturated rings. The highest BCUT2D eigenvalue weighted by molar-refractivity contribution is 5.08. The van der Waals surface area contributed by atoms with E-state index in [9.17, 15) is 10.2 Å². The van der Waals surface area contributed by atoms with E-state index in [1.54, 1.807) is 20.8 Å². The highest BCUT2D eigenvalue weighted by atomic mass is 16.4. The van der Waals surface area contributed by atoms with Gasteiger partial charge >= 0.3 is 0 Å². The molecule has 0 amide bonds. The third-order valence-electron chi connectivity index (χ3n) is 3.67. The molecule has 0 aromatic carbocycles. The molecule has 0 aromatic heterocycles. The average molecular weight is 198 g/mol. The number of hydrogen-bond acceptors (Lipinski definition) is 2. The maximum atomic E-state index is 10.3. The molecule has 0 bridgehead atoms. The van der Waals surface area contributed by atoms with Crippen LogP contribution < -0.4 is 0 Å². The van der Waals surface area contributed by atoms with Gasteiger partial charge in [-0.25, -0.2) is 0 Å².